The van der Waals surface area contributed by atoms with Gasteiger partial charge >= 0.3 is 5.97 Å². The van der Waals surface area contributed by atoms with Crippen LogP contribution < -0.4 is 4.74 Å². The number of benzene rings is 1. The Morgan fingerprint density at radius 2 is 1.50 bits per heavy atom. The average Bonchev–Trinajstić information content (AvgIpc) is 2.33. The van der Waals surface area contributed by atoms with Gasteiger partial charge < -0.3 is 14.9 Å². The van der Waals surface area contributed by atoms with Gasteiger partial charge in [0.2, 0.25) is 0 Å². The van der Waals surface area contributed by atoms with Gasteiger partial charge in [-0.25, -0.2) is 0 Å². The van der Waals surface area contributed by atoms with Crippen LogP contribution in [0.15, 0.2) is 12.1 Å². The quantitative estimate of drug-likeness (QED) is 0.799. The molecule has 1 rings (SSSR count). The van der Waals surface area contributed by atoms with Crippen molar-refractivity contribution in [2.45, 2.75) is 65.2 Å². The SMILES string of the molecule is CC(C)(C)c1cc(OCCCC(=O)O)cc(C(C)(C)C)c1O. The second-order valence-corrected chi connectivity index (χ2v) is 7.71. The molecule has 2 N–H and O–H groups in total. The minimum atomic E-state index is -0.819. The van der Waals surface area contributed by atoms with E-state index in [0.717, 1.165) is 11.1 Å². The molecule has 0 unspecified atom stereocenters. The number of hydrogen-bond donors (Lipinski definition) is 2. The van der Waals surface area contributed by atoms with Gasteiger partial charge in [-0.15, -0.1) is 0 Å². The molecule has 0 saturated heterocycles. The Balaban J connectivity index is 3.10. The number of phenolic OH excluding ortho intramolecular Hbond substituents is 1. The molecule has 4 heteroatoms. The highest BCUT2D eigenvalue weighted by Gasteiger charge is 2.26. The summed E-state index contributed by atoms with van der Waals surface area (Å²) in [6, 6.07) is 3.71. The predicted octanol–water partition coefficient (Wildman–Crippen LogP) is 4.23. The van der Waals surface area contributed by atoms with Crippen molar-refractivity contribution in [3.8, 4) is 11.5 Å². The molecule has 0 aliphatic carbocycles. The zero-order valence-corrected chi connectivity index (χ0v) is 14.5. The maximum Gasteiger partial charge on any atom is 0.303 e. The van der Waals surface area contributed by atoms with Crippen LogP contribution in [0, 0.1) is 0 Å². The Morgan fingerprint density at radius 3 is 1.86 bits per heavy atom. The normalized spacial score (nSPS) is 12.3. The number of rotatable bonds is 5. The Morgan fingerprint density at radius 1 is 1.05 bits per heavy atom. The predicted molar refractivity (Wildman–Crippen MR) is 87.9 cm³/mol. The summed E-state index contributed by atoms with van der Waals surface area (Å²) < 4.78 is 5.71. The number of carboxylic acid groups (broad SMARTS) is 1. The molecule has 1 aromatic carbocycles. The highest BCUT2D eigenvalue weighted by Crippen LogP contribution is 2.41. The molecule has 0 atom stereocenters. The van der Waals surface area contributed by atoms with E-state index < -0.39 is 5.97 Å². The Bertz CT molecular complexity index is 498. The lowest BCUT2D eigenvalue weighted by Crippen LogP contribution is -2.17. The first-order valence-electron chi connectivity index (χ1n) is 7.65. The van der Waals surface area contributed by atoms with Crippen molar-refractivity contribution in [2.24, 2.45) is 0 Å². The number of hydrogen-bond acceptors (Lipinski definition) is 3. The van der Waals surface area contributed by atoms with Gasteiger partial charge in [-0.05, 0) is 29.4 Å². The molecule has 124 valence electrons. The molecular weight excluding hydrogens is 280 g/mol. The van der Waals surface area contributed by atoms with E-state index in [2.05, 4.69) is 0 Å². The van der Waals surface area contributed by atoms with Crippen molar-refractivity contribution in [1.82, 2.24) is 0 Å². The molecular formula is C18H28O4. The molecule has 0 amide bonds. The van der Waals surface area contributed by atoms with Crippen LogP contribution >= 0.6 is 0 Å². The number of phenols is 1. The fraction of sp³-hybridized carbons (Fsp3) is 0.611. The maximum atomic E-state index is 10.6. The second-order valence-electron chi connectivity index (χ2n) is 7.71. The summed E-state index contributed by atoms with van der Waals surface area (Å²) in [5.74, 6) is 0.177. The number of carbonyl (C=O) groups is 1. The van der Waals surface area contributed by atoms with Gasteiger partial charge in [-0.1, -0.05) is 41.5 Å². The largest absolute Gasteiger partial charge is 0.507 e. The summed E-state index contributed by atoms with van der Waals surface area (Å²) in [5.41, 5.74) is 1.27. The summed E-state index contributed by atoms with van der Waals surface area (Å²) in [6.45, 7) is 12.6. The van der Waals surface area contributed by atoms with Crippen molar-refractivity contribution in [3.63, 3.8) is 0 Å². The molecule has 4 nitrogen and oxygen atoms in total. The van der Waals surface area contributed by atoms with Crippen LogP contribution in [0.3, 0.4) is 0 Å². The summed E-state index contributed by atoms with van der Waals surface area (Å²) in [5, 5.41) is 19.3. The van der Waals surface area contributed by atoms with Gasteiger partial charge in [0, 0.05) is 17.5 Å². The van der Waals surface area contributed by atoms with Gasteiger partial charge in [0.05, 0.1) is 6.61 Å². The third kappa shape index (κ3) is 4.93. The molecule has 0 radical (unpaired) electrons. The fourth-order valence-corrected chi connectivity index (χ4v) is 2.25. The molecule has 0 aliphatic heterocycles. The van der Waals surface area contributed by atoms with E-state index in [1.54, 1.807) is 0 Å². The van der Waals surface area contributed by atoms with Gasteiger partial charge in [-0.3, -0.25) is 4.79 Å². The first-order valence-corrected chi connectivity index (χ1v) is 7.65. The number of aliphatic carboxylic acids is 1. The van der Waals surface area contributed by atoms with E-state index in [9.17, 15) is 9.90 Å². The van der Waals surface area contributed by atoms with Gasteiger partial charge in [0.1, 0.15) is 11.5 Å². The fourth-order valence-electron chi connectivity index (χ4n) is 2.25. The van der Waals surface area contributed by atoms with Crippen LogP contribution in [0.25, 0.3) is 0 Å². The summed E-state index contributed by atoms with van der Waals surface area (Å²) in [6.07, 6.45) is 0.558. The second kappa shape index (κ2) is 6.59. The van der Waals surface area contributed by atoms with Crippen LogP contribution in [0.4, 0.5) is 0 Å². The van der Waals surface area contributed by atoms with Crippen molar-refractivity contribution < 1.29 is 19.7 Å². The van der Waals surface area contributed by atoms with E-state index in [-0.39, 0.29) is 17.3 Å². The maximum absolute atomic E-state index is 10.6. The van der Waals surface area contributed by atoms with E-state index in [4.69, 9.17) is 9.84 Å². The summed E-state index contributed by atoms with van der Waals surface area (Å²) >= 11 is 0. The number of ether oxygens (including phenoxy) is 1. The van der Waals surface area contributed by atoms with Gasteiger partial charge in [-0.2, -0.15) is 0 Å². The molecule has 0 fully saturated rings. The third-order valence-electron chi connectivity index (χ3n) is 3.50. The molecule has 0 aromatic heterocycles. The van der Waals surface area contributed by atoms with Crippen LogP contribution in [0.5, 0.6) is 11.5 Å². The standard InChI is InChI=1S/C18H28O4/c1-17(2,3)13-10-12(22-9-7-8-15(19)20)11-14(16(13)21)18(4,5)6/h10-11,21H,7-9H2,1-6H3,(H,19,20). The number of carboxylic acids is 1. The molecule has 22 heavy (non-hydrogen) atoms. The number of aromatic hydroxyl groups is 1. The van der Waals surface area contributed by atoms with Crippen LogP contribution in [0.1, 0.15) is 65.5 Å². The monoisotopic (exact) mass is 308 g/mol. The van der Waals surface area contributed by atoms with Crippen LogP contribution in [0.2, 0.25) is 0 Å². The molecule has 0 bridgehead atoms. The summed E-state index contributed by atoms with van der Waals surface area (Å²) in [4.78, 5) is 10.5. The Hall–Kier alpha value is -1.71. The highest BCUT2D eigenvalue weighted by molar-refractivity contribution is 5.66. The first kappa shape index (κ1) is 18.3. The van der Waals surface area contributed by atoms with E-state index in [1.165, 1.54) is 0 Å². The van der Waals surface area contributed by atoms with E-state index in [1.807, 2.05) is 53.7 Å². The minimum absolute atomic E-state index is 0.0936. The van der Waals surface area contributed by atoms with E-state index in [0.29, 0.717) is 24.5 Å². The zero-order chi connectivity index (χ0) is 17.1. The lowest BCUT2D eigenvalue weighted by atomic mass is 9.79. The van der Waals surface area contributed by atoms with E-state index >= 15 is 0 Å². The minimum Gasteiger partial charge on any atom is -0.507 e. The summed E-state index contributed by atoms with van der Waals surface area (Å²) in [7, 11) is 0. The molecule has 0 heterocycles. The Kier molecular flexibility index (Phi) is 5.49. The van der Waals surface area contributed by atoms with Crippen molar-refractivity contribution >= 4 is 5.97 Å². The first-order chi connectivity index (χ1) is 9.93. The highest BCUT2D eigenvalue weighted by atomic mass is 16.5. The molecule has 0 saturated carbocycles. The van der Waals surface area contributed by atoms with Crippen molar-refractivity contribution in [2.75, 3.05) is 6.61 Å². The molecule has 1 aromatic rings. The van der Waals surface area contributed by atoms with Gasteiger partial charge in [0.15, 0.2) is 0 Å². The van der Waals surface area contributed by atoms with Crippen molar-refractivity contribution in [1.29, 1.82) is 0 Å². The molecule has 0 spiro atoms. The topological polar surface area (TPSA) is 66.8 Å². The lowest BCUT2D eigenvalue weighted by Gasteiger charge is -2.28. The molecule has 0 aliphatic rings. The van der Waals surface area contributed by atoms with Crippen molar-refractivity contribution in [3.05, 3.63) is 23.3 Å². The zero-order valence-electron chi connectivity index (χ0n) is 14.5. The van der Waals surface area contributed by atoms with Crippen LogP contribution in [-0.4, -0.2) is 22.8 Å². The third-order valence-corrected chi connectivity index (χ3v) is 3.50. The van der Waals surface area contributed by atoms with Crippen LogP contribution in [-0.2, 0) is 15.6 Å². The lowest BCUT2D eigenvalue weighted by molar-refractivity contribution is -0.137. The van der Waals surface area contributed by atoms with Gasteiger partial charge in [0.25, 0.3) is 0 Å². The average molecular weight is 308 g/mol. The Labute approximate surface area is 133 Å². The smallest absolute Gasteiger partial charge is 0.303 e.